The number of nitrogens with one attached hydrogen (secondary N) is 1. The molecule has 8 nitrogen and oxygen atoms in total. The first-order valence-corrected chi connectivity index (χ1v) is 11.7. The largest absolute Gasteiger partial charge is 0.497 e. The number of nitrogens with zero attached hydrogens (tertiary/aromatic N) is 3. The van der Waals surface area contributed by atoms with Crippen LogP contribution in [0.5, 0.6) is 5.75 Å². The number of carbonyl (C=O) groups excluding carboxylic acids is 1. The van der Waals surface area contributed by atoms with E-state index in [0.29, 0.717) is 23.4 Å². The molecule has 1 fully saturated rings. The van der Waals surface area contributed by atoms with Crippen LogP contribution in [0.3, 0.4) is 0 Å². The smallest absolute Gasteiger partial charge is 0.251 e. The number of methoxy groups -OCH3 is 1. The van der Waals surface area contributed by atoms with Crippen molar-refractivity contribution in [2.45, 2.75) is 0 Å². The van der Waals surface area contributed by atoms with Crippen LogP contribution in [-0.2, 0) is 4.74 Å². The molecule has 2 aromatic carbocycles. The van der Waals surface area contributed by atoms with E-state index in [4.69, 9.17) is 19.0 Å². The number of rotatable bonds is 7. The number of amides is 1. The fourth-order valence-corrected chi connectivity index (χ4v) is 4.58. The maximum atomic E-state index is 12.7. The summed E-state index contributed by atoms with van der Waals surface area (Å²) in [6, 6.07) is 13.1. The maximum Gasteiger partial charge on any atom is 0.251 e. The molecule has 0 unspecified atom stereocenters. The SMILES string of the molecule is COc1ccc(-c2nc(-c3noc4ccc(C(=O)NCCN5CCOCC5)cc34)cs2)cc1. The molecule has 0 aliphatic carbocycles. The predicted octanol–water partition coefficient (Wildman–Crippen LogP) is 3.69. The summed E-state index contributed by atoms with van der Waals surface area (Å²) in [6.45, 7) is 4.69. The van der Waals surface area contributed by atoms with Gasteiger partial charge in [0.1, 0.15) is 22.1 Å². The number of hydrogen-bond acceptors (Lipinski definition) is 8. The van der Waals surface area contributed by atoms with Gasteiger partial charge in [0.05, 0.1) is 25.7 Å². The third-order valence-electron chi connectivity index (χ3n) is 5.63. The zero-order valence-electron chi connectivity index (χ0n) is 18.2. The van der Waals surface area contributed by atoms with Crippen molar-refractivity contribution in [1.82, 2.24) is 20.4 Å². The van der Waals surface area contributed by atoms with Crippen molar-refractivity contribution in [3.63, 3.8) is 0 Å². The van der Waals surface area contributed by atoms with Crippen LogP contribution in [0, 0.1) is 0 Å². The van der Waals surface area contributed by atoms with Crippen molar-refractivity contribution in [1.29, 1.82) is 0 Å². The average molecular weight is 465 g/mol. The van der Waals surface area contributed by atoms with Crippen LogP contribution in [0.2, 0.25) is 0 Å². The number of fused-ring (bicyclic) bond motifs is 1. The lowest BCUT2D eigenvalue weighted by Gasteiger charge is -2.26. The zero-order chi connectivity index (χ0) is 22.6. The molecule has 3 heterocycles. The number of hydrogen-bond donors (Lipinski definition) is 1. The van der Waals surface area contributed by atoms with E-state index < -0.39 is 0 Å². The molecule has 4 aromatic rings. The Hall–Kier alpha value is -3.27. The first-order chi connectivity index (χ1) is 16.2. The van der Waals surface area contributed by atoms with Crippen molar-refractivity contribution in [3.05, 3.63) is 53.4 Å². The quantitative estimate of drug-likeness (QED) is 0.446. The highest BCUT2D eigenvalue weighted by Gasteiger charge is 2.17. The van der Waals surface area contributed by atoms with E-state index in [1.807, 2.05) is 35.7 Å². The lowest BCUT2D eigenvalue weighted by molar-refractivity contribution is 0.0383. The minimum atomic E-state index is -0.116. The van der Waals surface area contributed by atoms with Gasteiger partial charge < -0.3 is 19.3 Å². The Bertz CT molecular complexity index is 1250. The van der Waals surface area contributed by atoms with Crippen molar-refractivity contribution in [2.75, 3.05) is 46.5 Å². The lowest BCUT2D eigenvalue weighted by Crippen LogP contribution is -2.41. The van der Waals surface area contributed by atoms with E-state index in [1.165, 1.54) is 11.3 Å². The standard InChI is InChI=1S/C24H24N4O4S/c1-30-18-5-2-16(3-6-18)24-26-20(15-33-24)22-19-14-17(4-7-21(19)32-27-22)23(29)25-8-9-28-10-12-31-13-11-28/h2-7,14-15H,8-13H2,1H3,(H,25,29). The molecular weight excluding hydrogens is 440 g/mol. The van der Waals surface area contributed by atoms with Crippen LogP contribution in [0.4, 0.5) is 0 Å². The minimum absolute atomic E-state index is 0.116. The van der Waals surface area contributed by atoms with Gasteiger partial charge in [0, 0.05) is 42.7 Å². The summed E-state index contributed by atoms with van der Waals surface area (Å²) in [4.78, 5) is 19.7. The van der Waals surface area contributed by atoms with Crippen LogP contribution in [-0.4, -0.2) is 67.5 Å². The van der Waals surface area contributed by atoms with Gasteiger partial charge in [-0.05, 0) is 42.5 Å². The lowest BCUT2D eigenvalue weighted by atomic mass is 10.1. The van der Waals surface area contributed by atoms with E-state index in [9.17, 15) is 4.79 Å². The monoisotopic (exact) mass is 464 g/mol. The first-order valence-electron chi connectivity index (χ1n) is 10.8. The van der Waals surface area contributed by atoms with Gasteiger partial charge in [0.2, 0.25) is 0 Å². The normalized spacial score (nSPS) is 14.5. The molecule has 170 valence electrons. The summed E-state index contributed by atoms with van der Waals surface area (Å²) in [7, 11) is 1.64. The van der Waals surface area contributed by atoms with Crippen molar-refractivity contribution in [3.8, 4) is 27.7 Å². The molecule has 5 rings (SSSR count). The van der Waals surface area contributed by atoms with Crippen LogP contribution in [0.25, 0.3) is 32.9 Å². The van der Waals surface area contributed by atoms with E-state index in [-0.39, 0.29) is 5.91 Å². The molecule has 33 heavy (non-hydrogen) atoms. The molecule has 0 radical (unpaired) electrons. The summed E-state index contributed by atoms with van der Waals surface area (Å²) >= 11 is 1.53. The molecule has 1 saturated heterocycles. The molecule has 0 atom stereocenters. The van der Waals surface area contributed by atoms with Gasteiger partial charge >= 0.3 is 0 Å². The second kappa shape index (κ2) is 9.70. The predicted molar refractivity (Wildman–Crippen MR) is 127 cm³/mol. The fourth-order valence-electron chi connectivity index (χ4n) is 3.77. The van der Waals surface area contributed by atoms with Gasteiger partial charge in [-0.15, -0.1) is 11.3 Å². The van der Waals surface area contributed by atoms with E-state index in [0.717, 1.165) is 60.2 Å². The van der Waals surface area contributed by atoms with Crippen LogP contribution in [0.1, 0.15) is 10.4 Å². The van der Waals surface area contributed by atoms with Crippen molar-refractivity contribution < 1.29 is 18.8 Å². The highest BCUT2D eigenvalue weighted by atomic mass is 32.1. The number of benzene rings is 2. The topological polar surface area (TPSA) is 89.7 Å². The van der Waals surface area contributed by atoms with Gasteiger partial charge in [-0.1, -0.05) is 5.16 Å². The number of carbonyl (C=O) groups is 1. The van der Waals surface area contributed by atoms with Gasteiger partial charge in [0.25, 0.3) is 5.91 Å². The second-order valence-corrected chi connectivity index (χ2v) is 8.58. The molecule has 9 heteroatoms. The van der Waals surface area contributed by atoms with Gasteiger partial charge in [-0.3, -0.25) is 9.69 Å². The Balaban J connectivity index is 1.32. The fraction of sp³-hybridized carbons (Fsp3) is 0.292. The van der Waals surface area contributed by atoms with Crippen LogP contribution < -0.4 is 10.1 Å². The summed E-state index contributed by atoms with van der Waals surface area (Å²) in [5, 5.41) is 10.8. The van der Waals surface area contributed by atoms with Crippen LogP contribution >= 0.6 is 11.3 Å². The molecule has 1 aliphatic heterocycles. The van der Waals surface area contributed by atoms with Gasteiger partial charge in [-0.25, -0.2) is 4.98 Å². The Morgan fingerprint density at radius 3 is 2.79 bits per heavy atom. The number of thiazole rings is 1. The Morgan fingerprint density at radius 1 is 1.18 bits per heavy atom. The number of morpholine rings is 1. The third kappa shape index (κ3) is 4.75. The molecule has 0 saturated carbocycles. The second-order valence-electron chi connectivity index (χ2n) is 7.72. The molecule has 2 aromatic heterocycles. The van der Waals surface area contributed by atoms with Gasteiger partial charge in [0.15, 0.2) is 5.58 Å². The summed E-state index contributed by atoms with van der Waals surface area (Å²) in [5.74, 6) is 0.684. The van der Waals surface area contributed by atoms with Crippen molar-refractivity contribution in [2.24, 2.45) is 0 Å². The summed E-state index contributed by atoms with van der Waals surface area (Å²) in [5.41, 5.74) is 3.53. The van der Waals surface area contributed by atoms with E-state index >= 15 is 0 Å². The molecule has 1 aliphatic rings. The third-order valence-corrected chi connectivity index (χ3v) is 6.52. The van der Waals surface area contributed by atoms with E-state index in [1.54, 1.807) is 19.2 Å². The average Bonchev–Trinajstić information content (AvgIpc) is 3.51. The number of ether oxygens (including phenoxy) is 2. The first kappa shape index (κ1) is 21.6. The molecular formula is C24H24N4O4S. The molecule has 1 N–H and O–H groups in total. The Morgan fingerprint density at radius 2 is 2.00 bits per heavy atom. The van der Waals surface area contributed by atoms with Crippen LogP contribution in [0.15, 0.2) is 52.4 Å². The van der Waals surface area contributed by atoms with Crippen molar-refractivity contribution >= 4 is 28.2 Å². The number of aromatic nitrogens is 2. The molecule has 1 amide bonds. The summed E-state index contributed by atoms with van der Waals surface area (Å²) < 4.78 is 16.1. The zero-order valence-corrected chi connectivity index (χ0v) is 19.1. The Kier molecular flexibility index (Phi) is 6.34. The minimum Gasteiger partial charge on any atom is -0.497 e. The van der Waals surface area contributed by atoms with E-state index in [2.05, 4.69) is 15.4 Å². The highest BCUT2D eigenvalue weighted by Crippen LogP contribution is 2.33. The molecule has 0 bridgehead atoms. The molecule has 0 spiro atoms. The summed E-state index contributed by atoms with van der Waals surface area (Å²) in [6.07, 6.45) is 0. The highest BCUT2D eigenvalue weighted by molar-refractivity contribution is 7.13. The Labute approximate surface area is 195 Å². The van der Waals surface area contributed by atoms with Gasteiger partial charge in [-0.2, -0.15) is 0 Å². The maximum absolute atomic E-state index is 12.7.